The molecule has 0 aromatic heterocycles. The van der Waals surface area contributed by atoms with Gasteiger partial charge in [0.05, 0.1) is 12.0 Å². The number of nitrogens with zero attached hydrogens (tertiary/aromatic N) is 1. The number of rotatable bonds is 3. The van der Waals surface area contributed by atoms with Gasteiger partial charge in [-0.25, -0.2) is 0 Å². The summed E-state index contributed by atoms with van der Waals surface area (Å²) in [4.78, 5) is 13.6. The van der Waals surface area contributed by atoms with Crippen LogP contribution in [-0.2, 0) is 4.79 Å². The minimum absolute atomic E-state index is 0.0743. The monoisotopic (exact) mass is 186 g/mol. The number of aliphatic hydroxyl groups is 1. The molecule has 13 heavy (non-hydrogen) atoms. The Kier molecular flexibility index (Phi) is 3.69. The summed E-state index contributed by atoms with van der Waals surface area (Å²) in [7, 11) is 2.02. The van der Waals surface area contributed by atoms with Crippen LogP contribution in [0.15, 0.2) is 0 Å². The van der Waals surface area contributed by atoms with Crippen LogP contribution in [0.4, 0.5) is 0 Å². The lowest BCUT2D eigenvalue weighted by Crippen LogP contribution is -2.36. The van der Waals surface area contributed by atoms with Crippen LogP contribution < -0.4 is 5.32 Å². The van der Waals surface area contributed by atoms with E-state index < -0.39 is 6.10 Å². The molecule has 76 valence electrons. The smallest absolute Gasteiger partial charge is 0.224 e. The molecule has 1 amide bonds. The Morgan fingerprint density at radius 1 is 1.77 bits per heavy atom. The summed E-state index contributed by atoms with van der Waals surface area (Å²) in [5, 5.41) is 11.7. The lowest BCUT2D eigenvalue weighted by atomic mass is 10.1. The fourth-order valence-electron chi connectivity index (χ4n) is 1.54. The third-order valence-electron chi connectivity index (χ3n) is 2.33. The van der Waals surface area contributed by atoms with E-state index in [0.717, 1.165) is 19.5 Å². The quantitative estimate of drug-likeness (QED) is 0.621. The normalized spacial score (nSPS) is 25.9. The number of hydrogen-bond donors (Lipinski definition) is 2. The molecule has 2 unspecified atom stereocenters. The van der Waals surface area contributed by atoms with Crippen molar-refractivity contribution in [2.45, 2.75) is 19.4 Å². The van der Waals surface area contributed by atoms with Gasteiger partial charge in [0.25, 0.3) is 0 Å². The van der Waals surface area contributed by atoms with Crippen molar-refractivity contribution in [3.05, 3.63) is 0 Å². The topological polar surface area (TPSA) is 52.6 Å². The predicted octanol–water partition coefficient (Wildman–Crippen LogP) is -0.565. The molecule has 4 nitrogen and oxygen atoms in total. The molecule has 1 aliphatic heterocycles. The highest BCUT2D eigenvalue weighted by atomic mass is 16.3. The van der Waals surface area contributed by atoms with Crippen LogP contribution in [0.25, 0.3) is 0 Å². The summed E-state index contributed by atoms with van der Waals surface area (Å²) < 4.78 is 0. The molecule has 0 bridgehead atoms. The van der Waals surface area contributed by atoms with Gasteiger partial charge in [0, 0.05) is 13.1 Å². The summed E-state index contributed by atoms with van der Waals surface area (Å²) in [5.74, 6) is 0.189. The average Bonchev–Trinajstić information content (AvgIpc) is 2.47. The van der Waals surface area contributed by atoms with Gasteiger partial charge in [-0.3, -0.25) is 4.79 Å². The molecular formula is C9H18N2O2. The summed E-state index contributed by atoms with van der Waals surface area (Å²) in [6, 6.07) is 0. The Hall–Kier alpha value is -0.610. The highest BCUT2D eigenvalue weighted by Crippen LogP contribution is 2.13. The average molecular weight is 186 g/mol. The molecule has 1 saturated heterocycles. The summed E-state index contributed by atoms with van der Waals surface area (Å²) in [6.07, 6.45) is 0.477. The van der Waals surface area contributed by atoms with E-state index in [1.54, 1.807) is 6.92 Å². The van der Waals surface area contributed by atoms with Crippen molar-refractivity contribution in [3.8, 4) is 0 Å². The second-order valence-corrected chi connectivity index (χ2v) is 3.84. The third-order valence-corrected chi connectivity index (χ3v) is 2.33. The van der Waals surface area contributed by atoms with E-state index in [9.17, 15) is 4.79 Å². The Morgan fingerprint density at radius 2 is 2.46 bits per heavy atom. The van der Waals surface area contributed by atoms with Gasteiger partial charge in [0.2, 0.25) is 5.91 Å². The van der Waals surface area contributed by atoms with E-state index in [1.165, 1.54) is 0 Å². The molecule has 0 aromatic rings. The molecule has 2 atom stereocenters. The number of likely N-dealkylation sites (tertiary alicyclic amines) is 1. The number of carbonyl (C=O) groups excluding carboxylic acids is 1. The minimum atomic E-state index is -0.455. The maximum atomic E-state index is 11.4. The highest BCUT2D eigenvalue weighted by molar-refractivity contribution is 5.79. The molecule has 0 aliphatic carbocycles. The standard InChI is InChI=1S/C9H18N2O2/c1-7(12)5-10-9(13)8-3-4-11(2)6-8/h7-8,12H,3-6H2,1-2H3,(H,10,13). The van der Waals surface area contributed by atoms with Gasteiger partial charge in [-0.05, 0) is 26.9 Å². The van der Waals surface area contributed by atoms with Crippen LogP contribution in [-0.4, -0.2) is 48.7 Å². The first-order valence-electron chi connectivity index (χ1n) is 4.74. The molecule has 0 radical (unpaired) electrons. The summed E-state index contributed by atoms with van der Waals surface area (Å²) in [6.45, 7) is 3.86. The van der Waals surface area contributed by atoms with Crippen LogP contribution >= 0.6 is 0 Å². The second kappa shape index (κ2) is 4.58. The Balaban J connectivity index is 2.24. The van der Waals surface area contributed by atoms with E-state index in [2.05, 4.69) is 10.2 Å². The van der Waals surface area contributed by atoms with Crippen LogP contribution in [0.3, 0.4) is 0 Å². The second-order valence-electron chi connectivity index (χ2n) is 3.84. The predicted molar refractivity (Wildman–Crippen MR) is 50.3 cm³/mol. The first kappa shape index (κ1) is 10.5. The number of amides is 1. The molecule has 0 spiro atoms. The van der Waals surface area contributed by atoms with E-state index in [1.807, 2.05) is 7.05 Å². The fraction of sp³-hybridized carbons (Fsp3) is 0.889. The first-order chi connectivity index (χ1) is 6.09. The van der Waals surface area contributed by atoms with E-state index in [-0.39, 0.29) is 11.8 Å². The number of carbonyl (C=O) groups is 1. The zero-order chi connectivity index (χ0) is 9.84. The summed E-state index contributed by atoms with van der Waals surface area (Å²) in [5.41, 5.74) is 0. The van der Waals surface area contributed by atoms with Gasteiger partial charge in [-0.2, -0.15) is 0 Å². The van der Waals surface area contributed by atoms with Gasteiger partial charge in [-0.1, -0.05) is 0 Å². The van der Waals surface area contributed by atoms with Gasteiger partial charge in [0.15, 0.2) is 0 Å². The molecule has 0 aromatic carbocycles. The lowest BCUT2D eigenvalue weighted by Gasteiger charge is -2.12. The van der Waals surface area contributed by atoms with Crippen molar-refractivity contribution in [3.63, 3.8) is 0 Å². The number of hydrogen-bond acceptors (Lipinski definition) is 3. The number of aliphatic hydroxyl groups excluding tert-OH is 1. The maximum absolute atomic E-state index is 11.4. The SMILES string of the molecule is CC(O)CNC(=O)C1CCN(C)C1. The molecule has 2 N–H and O–H groups in total. The van der Waals surface area contributed by atoms with E-state index >= 15 is 0 Å². The Labute approximate surface area is 78.9 Å². The van der Waals surface area contributed by atoms with Crippen molar-refractivity contribution in [2.24, 2.45) is 5.92 Å². The molecule has 0 saturated carbocycles. The van der Waals surface area contributed by atoms with Crippen LogP contribution in [0.1, 0.15) is 13.3 Å². The van der Waals surface area contributed by atoms with Crippen LogP contribution in [0.5, 0.6) is 0 Å². The zero-order valence-corrected chi connectivity index (χ0v) is 8.29. The molecule has 1 rings (SSSR count). The number of nitrogens with one attached hydrogen (secondary N) is 1. The fourth-order valence-corrected chi connectivity index (χ4v) is 1.54. The molecule has 1 aliphatic rings. The van der Waals surface area contributed by atoms with E-state index in [0.29, 0.717) is 6.54 Å². The molecule has 1 fully saturated rings. The van der Waals surface area contributed by atoms with Crippen molar-refractivity contribution in [2.75, 3.05) is 26.7 Å². The Bertz CT molecular complexity index is 182. The zero-order valence-electron chi connectivity index (χ0n) is 8.29. The van der Waals surface area contributed by atoms with Crippen LogP contribution in [0.2, 0.25) is 0 Å². The van der Waals surface area contributed by atoms with Gasteiger partial charge < -0.3 is 15.3 Å². The maximum Gasteiger partial charge on any atom is 0.224 e. The molecular weight excluding hydrogens is 168 g/mol. The van der Waals surface area contributed by atoms with Gasteiger partial charge >= 0.3 is 0 Å². The third kappa shape index (κ3) is 3.32. The molecule has 1 heterocycles. The van der Waals surface area contributed by atoms with Crippen molar-refractivity contribution < 1.29 is 9.90 Å². The van der Waals surface area contributed by atoms with E-state index in [4.69, 9.17) is 5.11 Å². The van der Waals surface area contributed by atoms with Crippen molar-refractivity contribution in [1.82, 2.24) is 10.2 Å². The first-order valence-corrected chi connectivity index (χ1v) is 4.74. The minimum Gasteiger partial charge on any atom is -0.392 e. The van der Waals surface area contributed by atoms with Gasteiger partial charge in [-0.15, -0.1) is 0 Å². The largest absolute Gasteiger partial charge is 0.392 e. The highest BCUT2D eigenvalue weighted by Gasteiger charge is 2.25. The summed E-state index contributed by atoms with van der Waals surface area (Å²) >= 11 is 0. The Morgan fingerprint density at radius 3 is 2.92 bits per heavy atom. The van der Waals surface area contributed by atoms with Crippen molar-refractivity contribution >= 4 is 5.91 Å². The van der Waals surface area contributed by atoms with Gasteiger partial charge in [0.1, 0.15) is 0 Å². The van der Waals surface area contributed by atoms with Crippen molar-refractivity contribution in [1.29, 1.82) is 0 Å². The lowest BCUT2D eigenvalue weighted by molar-refractivity contribution is -0.125. The van der Waals surface area contributed by atoms with Crippen LogP contribution in [0, 0.1) is 5.92 Å². The molecule has 4 heteroatoms.